The standard InChI is InChI=1S/C16H31F3N4O.HI/c1-20-14(21-9-5-10-23(2)13-16(17,18)19)22-12-15(6-4-7-15)8-11-24-3;/h4-13H2,1-3H3,(H2,20,21,22);1H. The minimum atomic E-state index is -4.14. The van der Waals surface area contributed by atoms with Crippen molar-refractivity contribution >= 4 is 29.9 Å². The maximum absolute atomic E-state index is 12.2. The molecule has 0 unspecified atom stereocenters. The number of ether oxygens (including phenoxy) is 1. The molecule has 5 nitrogen and oxygen atoms in total. The van der Waals surface area contributed by atoms with Crippen LogP contribution in [0.3, 0.4) is 0 Å². The van der Waals surface area contributed by atoms with Gasteiger partial charge in [-0.3, -0.25) is 9.89 Å². The van der Waals surface area contributed by atoms with Crippen molar-refractivity contribution in [1.29, 1.82) is 0 Å². The van der Waals surface area contributed by atoms with Crippen molar-refractivity contribution in [3.05, 3.63) is 0 Å². The summed E-state index contributed by atoms with van der Waals surface area (Å²) in [6, 6.07) is 0. The Bertz CT molecular complexity index is 390. The van der Waals surface area contributed by atoms with E-state index in [1.807, 2.05) is 0 Å². The van der Waals surface area contributed by atoms with Crippen LogP contribution in [-0.4, -0.2) is 71.0 Å². The van der Waals surface area contributed by atoms with E-state index in [1.165, 1.54) is 31.2 Å². The minimum absolute atomic E-state index is 0. The van der Waals surface area contributed by atoms with Gasteiger partial charge in [0.2, 0.25) is 0 Å². The van der Waals surface area contributed by atoms with Crippen molar-refractivity contribution in [3.63, 3.8) is 0 Å². The molecule has 1 aliphatic rings. The maximum Gasteiger partial charge on any atom is 0.401 e. The molecule has 0 radical (unpaired) electrons. The summed E-state index contributed by atoms with van der Waals surface area (Å²) in [5, 5.41) is 6.50. The first-order chi connectivity index (χ1) is 11.3. The van der Waals surface area contributed by atoms with E-state index in [4.69, 9.17) is 4.74 Å². The summed E-state index contributed by atoms with van der Waals surface area (Å²) in [4.78, 5) is 5.46. The summed E-state index contributed by atoms with van der Waals surface area (Å²) < 4.78 is 41.9. The first kappa shape index (κ1) is 24.7. The normalized spacial score (nSPS) is 17.0. The second-order valence-corrected chi connectivity index (χ2v) is 6.66. The smallest absolute Gasteiger partial charge is 0.385 e. The van der Waals surface area contributed by atoms with E-state index in [0.29, 0.717) is 30.9 Å². The molecule has 0 atom stereocenters. The molecule has 0 aromatic carbocycles. The van der Waals surface area contributed by atoms with Gasteiger partial charge in [-0.15, -0.1) is 24.0 Å². The molecule has 25 heavy (non-hydrogen) atoms. The second-order valence-electron chi connectivity index (χ2n) is 6.66. The highest BCUT2D eigenvalue weighted by Crippen LogP contribution is 2.43. The maximum atomic E-state index is 12.2. The van der Waals surface area contributed by atoms with Gasteiger partial charge < -0.3 is 15.4 Å². The fourth-order valence-corrected chi connectivity index (χ4v) is 2.94. The lowest BCUT2D eigenvalue weighted by atomic mass is 9.67. The molecule has 1 saturated carbocycles. The van der Waals surface area contributed by atoms with Crippen LogP contribution < -0.4 is 10.6 Å². The summed E-state index contributed by atoms with van der Waals surface area (Å²) in [5.74, 6) is 0.706. The number of hydrogen-bond acceptors (Lipinski definition) is 3. The van der Waals surface area contributed by atoms with E-state index in [1.54, 1.807) is 14.2 Å². The summed E-state index contributed by atoms with van der Waals surface area (Å²) in [5.41, 5.74) is 0.292. The summed E-state index contributed by atoms with van der Waals surface area (Å²) in [7, 11) is 4.90. The summed E-state index contributed by atoms with van der Waals surface area (Å²) in [6.45, 7) is 1.72. The Morgan fingerprint density at radius 2 is 1.96 bits per heavy atom. The van der Waals surface area contributed by atoms with Gasteiger partial charge in [0, 0.05) is 33.9 Å². The van der Waals surface area contributed by atoms with Crippen molar-refractivity contribution < 1.29 is 17.9 Å². The number of methoxy groups -OCH3 is 1. The lowest BCUT2D eigenvalue weighted by Gasteiger charge is -2.42. The van der Waals surface area contributed by atoms with Gasteiger partial charge in [0.1, 0.15) is 0 Å². The number of halogens is 4. The predicted octanol–water partition coefficient (Wildman–Crippen LogP) is 2.86. The number of alkyl halides is 3. The van der Waals surface area contributed by atoms with Crippen molar-refractivity contribution in [2.75, 3.05) is 54.0 Å². The first-order valence-corrected chi connectivity index (χ1v) is 8.49. The molecule has 0 saturated heterocycles. The Kier molecular flexibility index (Phi) is 12.0. The predicted molar refractivity (Wildman–Crippen MR) is 106 cm³/mol. The Hall–Kier alpha value is -0.290. The minimum Gasteiger partial charge on any atom is -0.385 e. The first-order valence-electron chi connectivity index (χ1n) is 8.49. The number of nitrogens with one attached hydrogen (secondary N) is 2. The van der Waals surface area contributed by atoms with Crippen LogP contribution in [0, 0.1) is 5.41 Å². The van der Waals surface area contributed by atoms with Crippen LogP contribution in [0.2, 0.25) is 0 Å². The monoisotopic (exact) mass is 480 g/mol. The Balaban J connectivity index is 0.00000576. The zero-order valence-electron chi connectivity index (χ0n) is 15.4. The van der Waals surface area contributed by atoms with Crippen LogP contribution in [-0.2, 0) is 4.74 Å². The van der Waals surface area contributed by atoms with Gasteiger partial charge in [-0.1, -0.05) is 6.42 Å². The number of rotatable bonds is 10. The third-order valence-electron chi connectivity index (χ3n) is 4.56. The topological polar surface area (TPSA) is 48.9 Å². The van der Waals surface area contributed by atoms with Crippen LogP contribution in [0.25, 0.3) is 0 Å². The lowest BCUT2D eigenvalue weighted by Crippen LogP contribution is -2.47. The number of aliphatic imine (C=N–C) groups is 1. The number of nitrogens with zero attached hydrogens (tertiary/aromatic N) is 2. The molecular formula is C16H32F3IN4O. The molecule has 1 rings (SSSR count). The molecule has 0 heterocycles. The van der Waals surface area contributed by atoms with Gasteiger partial charge in [-0.2, -0.15) is 13.2 Å². The molecule has 0 bridgehead atoms. The number of hydrogen-bond donors (Lipinski definition) is 2. The van der Waals surface area contributed by atoms with E-state index in [-0.39, 0.29) is 24.0 Å². The van der Waals surface area contributed by atoms with Gasteiger partial charge in [-0.25, -0.2) is 0 Å². The van der Waals surface area contributed by atoms with Crippen molar-refractivity contribution in [1.82, 2.24) is 15.5 Å². The van der Waals surface area contributed by atoms with Crippen LogP contribution in [0.15, 0.2) is 4.99 Å². The van der Waals surface area contributed by atoms with Crippen molar-refractivity contribution in [3.8, 4) is 0 Å². The van der Waals surface area contributed by atoms with Gasteiger partial charge in [0.25, 0.3) is 0 Å². The van der Waals surface area contributed by atoms with Crippen LogP contribution in [0.4, 0.5) is 13.2 Å². The average molecular weight is 480 g/mol. The lowest BCUT2D eigenvalue weighted by molar-refractivity contribution is -0.143. The third kappa shape index (κ3) is 10.4. The molecule has 0 aliphatic heterocycles. The average Bonchev–Trinajstić information content (AvgIpc) is 2.45. The van der Waals surface area contributed by atoms with E-state index < -0.39 is 12.7 Å². The SMILES string of the molecule is CN=C(NCCCN(C)CC(F)(F)F)NCC1(CCOC)CCC1.I. The van der Waals surface area contributed by atoms with Gasteiger partial charge in [0.05, 0.1) is 6.54 Å². The van der Waals surface area contributed by atoms with E-state index in [0.717, 1.165) is 19.6 Å². The molecule has 9 heteroatoms. The van der Waals surface area contributed by atoms with E-state index in [2.05, 4.69) is 15.6 Å². The van der Waals surface area contributed by atoms with Crippen molar-refractivity contribution in [2.24, 2.45) is 10.4 Å². The van der Waals surface area contributed by atoms with Crippen LogP contribution >= 0.6 is 24.0 Å². The zero-order chi connectivity index (χ0) is 18.1. The van der Waals surface area contributed by atoms with Gasteiger partial charge in [-0.05, 0) is 44.7 Å². The van der Waals surface area contributed by atoms with Crippen molar-refractivity contribution in [2.45, 2.75) is 38.3 Å². The second kappa shape index (κ2) is 12.2. The quantitative estimate of drug-likeness (QED) is 0.219. The molecule has 2 N–H and O–H groups in total. The highest BCUT2D eigenvalue weighted by molar-refractivity contribution is 14.0. The van der Waals surface area contributed by atoms with Crippen LogP contribution in [0.1, 0.15) is 32.1 Å². The molecule has 1 fully saturated rings. The van der Waals surface area contributed by atoms with E-state index in [9.17, 15) is 13.2 Å². The largest absolute Gasteiger partial charge is 0.401 e. The molecule has 0 amide bonds. The number of guanidine groups is 1. The highest BCUT2D eigenvalue weighted by Gasteiger charge is 2.36. The molecular weight excluding hydrogens is 448 g/mol. The summed E-state index contributed by atoms with van der Waals surface area (Å²) in [6.07, 6.45) is 1.17. The Morgan fingerprint density at radius 3 is 2.44 bits per heavy atom. The fraction of sp³-hybridized carbons (Fsp3) is 0.938. The molecule has 0 aromatic heterocycles. The third-order valence-corrected chi connectivity index (χ3v) is 4.56. The Labute approximate surface area is 166 Å². The zero-order valence-corrected chi connectivity index (χ0v) is 17.7. The molecule has 150 valence electrons. The van der Waals surface area contributed by atoms with E-state index >= 15 is 0 Å². The molecule has 1 aliphatic carbocycles. The molecule has 0 aromatic rings. The van der Waals surface area contributed by atoms with Gasteiger partial charge in [0.15, 0.2) is 5.96 Å². The van der Waals surface area contributed by atoms with Crippen LogP contribution in [0.5, 0.6) is 0 Å². The molecule has 0 spiro atoms. The Morgan fingerprint density at radius 1 is 1.28 bits per heavy atom. The highest BCUT2D eigenvalue weighted by atomic mass is 127. The van der Waals surface area contributed by atoms with Gasteiger partial charge >= 0.3 is 6.18 Å². The fourth-order valence-electron chi connectivity index (χ4n) is 2.94. The summed E-state index contributed by atoms with van der Waals surface area (Å²) >= 11 is 0.